The summed E-state index contributed by atoms with van der Waals surface area (Å²) < 4.78 is 15.4. The first-order chi connectivity index (χ1) is 8.95. The Kier molecular flexibility index (Phi) is 5.01. The predicted octanol–water partition coefficient (Wildman–Crippen LogP) is 5.25. The molecule has 0 saturated heterocycles. The van der Waals surface area contributed by atoms with Crippen LogP contribution in [0.1, 0.15) is 17.2 Å². The molecule has 2 aromatic rings. The molecule has 0 bridgehead atoms. The standard InChI is InChI=1S/C14H11Br2ClFN/c15-10-1-2-13(18)8(3-10)6-14(19)9-4-11(16)7-12(17)5-9/h1-5,7,14H,6,19H2. The molecule has 1 nitrogen and oxygen atoms in total. The molecule has 0 aliphatic heterocycles. The average Bonchev–Trinajstić information content (AvgIpc) is 2.32. The Morgan fingerprint density at radius 2 is 1.84 bits per heavy atom. The van der Waals surface area contributed by atoms with E-state index in [1.165, 1.54) is 6.07 Å². The average molecular weight is 408 g/mol. The Labute approximate surface area is 133 Å². The van der Waals surface area contributed by atoms with Gasteiger partial charge in [0.15, 0.2) is 0 Å². The molecule has 2 rings (SSSR count). The molecule has 0 heterocycles. The third-order valence-corrected chi connectivity index (χ3v) is 3.93. The monoisotopic (exact) mass is 405 g/mol. The van der Waals surface area contributed by atoms with Crippen LogP contribution in [0.5, 0.6) is 0 Å². The van der Waals surface area contributed by atoms with Crippen molar-refractivity contribution in [2.75, 3.05) is 0 Å². The summed E-state index contributed by atoms with van der Waals surface area (Å²) in [5.41, 5.74) is 7.58. The number of nitrogens with two attached hydrogens (primary N) is 1. The van der Waals surface area contributed by atoms with Crippen LogP contribution in [0.25, 0.3) is 0 Å². The molecule has 1 atom stereocenters. The van der Waals surface area contributed by atoms with Crippen LogP contribution in [0.2, 0.25) is 5.02 Å². The third-order valence-electron chi connectivity index (χ3n) is 2.76. The first kappa shape index (κ1) is 15.0. The van der Waals surface area contributed by atoms with E-state index < -0.39 is 0 Å². The topological polar surface area (TPSA) is 26.0 Å². The second-order valence-corrected chi connectivity index (χ2v) is 6.52. The van der Waals surface area contributed by atoms with Gasteiger partial charge in [-0.15, -0.1) is 0 Å². The van der Waals surface area contributed by atoms with Gasteiger partial charge in [-0.2, -0.15) is 0 Å². The zero-order chi connectivity index (χ0) is 14.0. The summed E-state index contributed by atoms with van der Waals surface area (Å²) in [7, 11) is 0. The van der Waals surface area contributed by atoms with Gasteiger partial charge in [-0.1, -0.05) is 43.5 Å². The van der Waals surface area contributed by atoms with Crippen molar-refractivity contribution in [2.45, 2.75) is 12.5 Å². The molecule has 19 heavy (non-hydrogen) atoms. The van der Waals surface area contributed by atoms with E-state index >= 15 is 0 Å². The zero-order valence-corrected chi connectivity index (χ0v) is 13.8. The van der Waals surface area contributed by atoms with Crippen molar-refractivity contribution in [2.24, 2.45) is 5.73 Å². The lowest BCUT2D eigenvalue weighted by Crippen LogP contribution is -2.14. The molecule has 5 heteroatoms. The lowest BCUT2D eigenvalue weighted by atomic mass is 9.99. The van der Waals surface area contributed by atoms with Crippen molar-refractivity contribution in [3.63, 3.8) is 0 Å². The minimum Gasteiger partial charge on any atom is -0.324 e. The fraction of sp³-hybridized carbons (Fsp3) is 0.143. The van der Waals surface area contributed by atoms with E-state index in [4.69, 9.17) is 17.3 Å². The molecule has 2 aromatic carbocycles. The summed E-state index contributed by atoms with van der Waals surface area (Å²) in [5.74, 6) is -0.250. The van der Waals surface area contributed by atoms with Crippen LogP contribution < -0.4 is 5.73 Å². The lowest BCUT2D eigenvalue weighted by molar-refractivity contribution is 0.593. The van der Waals surface area contributed by atoms with Gasteiger partial charge in [-0.05, 0) is 53.9 Å². The second-order valence-electron chi connectivity index (χ2n) is 4.25. The van der Waals surface area contributed by atoms with E-state index in [1.54, 1.807) is 24.3 Å². The van der Waals surface area contributed by atoms with Gasteiger partial charge in [0.1, 0.15) is 5.82 Å². The highest BCUT2D eigenvalue weighted by molar-refractivity contribution is 9.10. The third kappa shape index (κ3) is 4.02. The Hall–Kier alpha value is -0.420. The van der Waals surface area contributed by atoms with Gasteiger partial charge in [0.25, 0.3) is 0 Å². The number of rotatable bonds is 3. The van der Waals surface area contributed by atoms with Gasteiger partial charge in [0, 0.05) is 20.0 Å². The fourth-order valence-electron chi connectivity index (χ4n) is 1.84. The summed E-state index contributed by atoms with van der Waals surface area (Å²) in [6.45, 7) is 0. The van der Waals surface area contributed by atoms with E-state index in [1.807, 2.05) is 6.07 Å². The molecule has 0 aliphatic carbocycles. The zero-order valence-electron chi connectivity index (χ0n) is 9.84. The second kappa shape index (κ2) is 6.35. The quantitative estimate of drug-likeness (QED) is 0.739. The molecule has 1 unspecified atom stereocenters. The van der Waals surface area contributed by atoms with E-state index in [0.29, 0.717) is 17.0 Å². The molecule has 0 radical (unpaired) electrons. The largest absolute Gasteiger partial charge is 0.324 e. The molecular formula is C14H11Br2ClFN. The molecule has 0 aromatic heterocycles. The summed E-state index contributed by atoms with van der Waals surface area (Å²) in [4.78, 5) is 0. The minimum absolute atomic E-state index is 0.250. The van der Waals surface area contributed by atoms with Crippen LogP contribution in [0, 0.1) is 5.82 Å². The summed E-state index contributed by atoms with van der Waals surface area (Å²) in [6, 6.07) is 10.0. The smallest absolute Gasteiger partial charge is 0.126 e. The molecule has 0 spiro atoms. The van der Waals surface area contributed by atoms with Gasteiger partial charge >= 0.3 is 0 Å². The predicted molar refractivity (Wildman–Crippen MR) is 83.9 cm³/mol. The van der Waals surface area contributed by atoms with Crippen LogP contribution in [0.4, 0.5) is 4.39 Å². The minimum atomic E-state index is -0.307. The van der Waals surface area contributed by atoms with E-state index in [2.05, 4.69) is 31.9 Å². The molecule has 0 amide bonds. The first-order valence-corrected chi connectivity index (χ1v) is 7.57. The van der Waals surface area contributed by atoms with Gasteiger partial charge in [-0.3, -0.25) is 0 Å². The maximum atomic E-state index is 13.7. The molecular weight excluding hydrogens is 396 g/mol. The number of hydrogen-bond acceptors (Lipinski definition) is 1. The van der Waals surface area contributed by atoms with E-state index in [-0.39, 0.29) is 11.9 Å². The van der Waals surface area contributed by atoms with Crippen molar-refractivity contribution >= 4 is 43.5 Å². The number of benzene rings is 2. The number of hydrogen-bond donors (Lipinski definition) is 1. The van der Waals surface area contributed by atoms with Gasteiger partial charge in [0.2, 0.25) is 0 Å². The SMILES string of the molecule is NC(Cc1cc(Br)ccc1F)c1cc(Cl)cc(Br)c1. The fourth-order valence-corrected chi connectivity index (χ4v) is 3.14. The van der Waals surface area contributed by atoms with Gasteiger partial charge in [-0.25, -0.2) is 4.39 Å². The Morgan fingerprint density at radius 3 is 2.53 bits per heavy atom. The van der Waals surface area contributed by atoms with Crippen molar-refractivity contribution in [1.29, 1.82) is 0 Å². The molecule has 0 saturated carbocycles. The van der Waals surface area contributed by atoms with Crippen LogP contribution in [-0.4, -0.2) is 0 Å². The van der Waals surface area contributed by atoms with Crippen molar-refractivity contribution in [3.05, 3.63) is 67.3 Å². The van der Waals surface area contributed by atoms with Crippen LogP contribution in [0.15, 0.2) is 45.3 Å². The highest BCUT2D eigenvalue weighted by Crippen LogP contribution is 2.26. The van der Waals surface area contributed by atoms with Crippen LogP contribution in [-0.2, 0) is 6.42 Å². The van der Waals surface area contributed by atoms with Crippen LogP contribution >= 0.6 is 43.5 Å². The Balaban J connectivity index is 2.25. The van der Waals surface area contributed by atoms with E-state index in [0.717, 1.165) is 14.5 Å². The number of halogens is 4. The maximum absolute atomic E-state index is 13.7. The first-order valence-electron chi connectivity index (χ1n) is 5.61. The normalized spacial score (nSPS) is 12.5. The molecule has 0 aliphatic rings. The highest BCUT2D eigenvalue weighted by Gasteiger charge is 2.12. The summed E-state index contributed by atoms with van der Waals surface area (Å²) in [6.07, 6.45) is 0.415. The molecule has 0 fully saturated rings. The summed E-state index contributed by atoms with van der Waals surface area (Å²) in [5, 5.41) is 0.606. The van der Waals surface area contributed by atoms with Crippen molar-refractivity contribution in [1.82, 2.24) is 0 Å². The Bertz CT molecular complexity index is 584. The van der Waals surface area contributed by atoms with Crippen LogP contribution in [0.3, 0.4) is 0 Å². The maximum Gasteiger partial charge on any atom is 0.126 e. The van der Waals surface area contributed by atoms with E-state index in [9.17, 15) is 4.39 Å². The van der Waals surface area contributed by atoms with Gasteiger partial charge in [0.05, 0.1) is 0 Å². The van der Waals surface area contributed by atoms with Gasteiger partial charge < -0.3 is 5.73 Å². The van der Waals surface area contributed by atoms with Crippen molar-refractivity contribution in [3.8, 4) is 0 Å². The lowest BCUT2D eigenvalue weighted by Gasteiger charge is -2.14. The molecule has 100 valence electrons. The summed E-state index contributed by atoms with van der Waals surface area (Å²) >= 11 is 12.7. The molecule has 2 N–H and O–H groups in total. The Morgan fingerprint density at radius 1 is 1.11 bits per heavy atom. The van der Waals surface area contributed by atoms with Crippen molar-refractivity contribution < 1.29 is 4.39 Å². The highest BCUT2D eigenvalue weighted by atomic mass is 79.9.